The highest BCUT2D eigenvalue weighted by atomic mass is 16.3. The van der Waals surface area contributed by atoms with Gasteiger partial charge in [0.2, 0.25) is 5.91 Å². The highest BCUT2D eigenvalue weighted by molar-refractivity contribution is 5.79. The van der Waals surface area contributed by atoms with Crippen molar-refractivity contribution in [2.45, 2.75) is 38.7 Å². The number of aliphatic hydroxyl groups excluding tert-OH is 1. The molecule has 0 spiro atoms. The second kappa shape index (κ2) is 5.36. The van der Waals surface area contributed by atoms with Crippen molar-refractivity contribution in [1.29, 1.82) is 0 Å². The molecule has 1 aliphatic carbocycles. The van der Waals surface area contributed by atoms with Gasteiger partial charge in [-0.3, -0.25) is 4.79 Å². The number of likely N-dealkylation sites (tertiary alicyclic amines) is 1. The van der Waals surface area contributed by atoms with Crippen LogP contribution in [0.3, 0.4) is 0 Å². The van der Waals surface area contributed by atoms with Gasteiger partial charge in [0.15, 0.2) is 0 Å². The molecule has 2 fully saturated rings. The third-order valence-electron chi connectivity index (χ3n) is 4.40. The van der Waals surface area contributed by atoms with Gasteiger partial charge in [-0.1, -0.05) is 13.3 Å². The molecule has 1 heterocycles. The molecule has 2 aliphatic rings. The zero-order valence-corrected chi connectivity index (χ0v) is 10.6. The number of fused-ring (bicyclic) bond motifs is 1. The second-order valence-electron chi connectivity index (χ2n) is 5.53. The van der Waals surface area contributed by atoms with Crippen LogP contribution in [-0.4, -0.2) is 41.7 Å². The smallest absolute Gasteiger partial charge is 0.226 e. The molecule has 0 aromatic heterocycles. The molecule has 3 N–H and O–H groups in total. The summed E-state index contributed by atoms with van der Waals surface area (Å²) in [6.45, 7) is 4.10. The fourth-order valence-electron chi connectivity index (χ4n) is 3.37. The molecule has 4 nitrogen and oxygen atoms in total. The average Bonchev–Trinajstić information content (AvgIpc) is 2.88. The van der Waals surface area contributed by atoms with Gasteiger partial charge in [-0.05, 0) is 25.2 Å². The molecule has 98 valence electrons. The third kappa shape index (κ3) is 2.47. The van der Waals surface area contributed by atoms with Gasteiger partial charge < -0.3 is 15.7 Å². The van der Waals surface area contributed by atoms with Crippen LogP contribution in [0.25, 0.3) is 0 Å². The topological polar surface area (TPSA) is 66.6 Å². The molecule has 1 amide bonds. The first-order valence-electron chi connectivity index (χ1n) is 6.84. The molecule has 1 saturated carbocycles. The maximum Gasteiger partial charge on any atom is 0.226 e. The summed E-state index contributed by atoms with van der Waals surface area (Å²) in [6, 6.07) is 0. The predicted octanol–water partition coefficient (Wildman–Crippen LogP) is 0.591. The van der Waals surface area contributed by atoms with Crippen LogP contribution in [0.5, 0.6) is 0 Å². The summed E-state index contributed by atoms with van der Waals surface area (Å²) in [5.74, 6) is 1.03. The van der Waals surface area contributed by atoms with E-state index in [2.05, 4.69) is 6.92 Å². The van der Waals surface area contributed by atoms with E-state index in [-0.39, 0.29) is 17.9 Å². The Labute approximate surface area is 103 Å². The minimum absolute atomic E-state index is 0.0176. The van der Waals surface area contributed by atoms with E-state index < -0.39 is 0 Å². The molecule has 4 heteroatoms. The summed E-state index contributed by atoms with van der Waals surface area (Å²) in [5.41, 5.74) is 5.67. The van der Waals surface area contributed by atoms with E-state index in [1.165, 1.54) is 0 Å². The SMILES string of the molecule is CCCC(CN)C(=O)N1CC2CCC(O)C2C1. The second-order valence-corrected chi connectivity index (χ2v) is 5.53. The van der Waals surface area contributed by atoms with Crippen LogP contribution in [-0.2, 0) is 4.79 Å². The number of rotatable bonds is 4. The summed E-state index contributed by atoms with van der Waals surface area (Å²) in [5, 5.41) is 9.84. The Morgan fingerprint density at radius 1 is 1.47 bits per heavy atom. The number of amides is 1. The lowest BCUT2D eigenvalue weighted by atomic mass is 10.00. The van der Waals surface area contributed by atoms with Gasteiger partial charge in [-0.2, -0.15) is 0 Å². The van der Waals surface area contributed by atoms with Crippen LogP contribution < -0.4 is 5.73 Å². The van der Waals surface area contributed by atoms with Gasteiger partial charge >= 0.3 is 0 Å². The summed E-state index contributed by atoms with van der Waals surface area (Å²) in [4.78, 5) is 14.2. The number of nitrogens with two attached hydrogens (primary N) is 1. The number of carbonyl (C=O) groups is 1. The fourth-order valence-corrected chi connectivity index (χ4v) is 3.37. The minimum atomic E-state index is -0.194. The Morgan fingerprint density at radius 3 is 2.82 bits per heavy atom. The van der Waals surface area contributed by atoms with Crippen LogP contribution in [0.2, 0.25) is 0 Å². The number of nitrogens with zero attached hydrogens (tertiary/aromatic N) is 1. The molecule has 4 unspecified atom stereocenters. The van der Waals surface area contributed by atoms with Crippen molar-refractivity contribution in [3.63, 3.8) is 0 Å². The lowest BCUT2D eigenvalue weighted by molar-refractivity contribution is -0.134. The summed E-state index contributed by atoms with van der Waals surface area (Å²) in [7, 11) is 0. The number of aliphatic hydroxyl groups is 1. The van der Waals surface area contributed by atoms with Crippen LogP contribution in [0.4, 0.5) is 0 Å². The Hall–Kier alpha value is -0.610. The third-order valence-corrected chi connectivity index (χ3v) is 4.40. The van der Waals surface area contributed by atoms with Crippen molar-refractivity contribution < 1.29 is 9.90 Å². The quantitative estimate of drug-likeness (QED) is 0.756. The minimum Gasteiger partial charge on any atom is -0.393 e. The van der Waals surface area contributed by atoms with Crippen LogP contribution in [0.1, 0.15) is 32.6 Å². The molecular weight excluding hydrogens is 216 g/mol. The van der Waals surface area contributed by atoms with Crippen molar-refractivity contribution in [3.05, 3.63) is 0 Å². The number of hydrogen-bond acceptors (Lipinski definition) is 3. The van der Waals surface area contributed by atoms with Gasteiger partial charge in [0.05, 0.1) is 12.0 Å². The van der Waals surface area contributed by atoms with E-state index in [4.69, 9.17) is 5.73 Å². The fraction of sp³-hybridized carbons (Fsp3) is 0.923. The van der Waals surface area contributed by atoms with Gasteiger partial charge in [0.1, 0.15) is 0 Å². The standard InChI is InChI=1S/C13H24N2O2/c1-2-3-9(6-14)13(17)15-7-10-4-5-12(16)11(10)8-15/h9-12,16H,2-8,14H2,1H3. The van der Waals surface area contributed by atoms with Gasteiger partial charge in [-0.25, -0.2) is 0 Å². The molecule has 0 aromatic carbocycles. The van der Waals surface area contributed by atoms with Crippen molar-refractivity contribution in [3.8, 4) is 0 Å². The molecule has 2 rings (SSSR count). The molecule has 0 aromatic rings. The first-order chi connectivity index (χ1) is 8.17. The first kappa shape index (κ1) is 12.8. The largest absolute Gasteiger partial charge is 0.393 e. The maximum atomic E-state index is 12.3. The van der Waals surface area contributed by atoms with Gasteiger partial charge in [-0.15, -0.1) is 0 Å². The summed E-state index contributed by atoms with van der Waals surface area (Å²) < 4.78 is 0. The average molecular weight is 240 g/mol. The molecule has 1 saturated heterocycles. The highest BCUT2D eigenvalue weighted by Gasteiger charge is 2.43. The Kier molecular flexibility index (Phi) is 4.05. The van der Waals surface area contributed by atoms with Crippen LogP contribution >= 0.6 is 0 Å². The van der Waals surface area contributed by atoms with Crippen LogP contribution in [0.15, 0.2) is 0 Å². The van der Waals surface area contributed by atoms with E-state index in [1.54, 1.807) is 0 Å². The molecule has 1 aliphatic heterocycles. The van der Waals surface area contributed by atoms with E-state index in [0.29, 0.717) is 18.4 Å². The number of carbonyl (C=O) groups excluding carboxylic acids is 1. The molecular formula is C13H24N2O2. The maximum absolute atomic E-state index is 12.3. The van der Waals surface area contributed by atoms with Crippen molar-refractivity contribution in [1.82, 2.24) is 4.90 Å². The lowest BCUT2D eigenvalue weighted by Crippen LogP contribution is -2.38. The molecule has 17 heavy (non-hydrogen) atoms. The van der Waals surface area contributed by atoms with Crippen LogP contribution in [0, 0.1) is 17.8 Å². The van der Waals surface area contributed by atoms with Crippen molar-refractivity contribution >= 4 is 5.91 Å². The van der Waals surface area contributed by atoms with E-state index in [0.717, 1.165) is 38.8 Å². The van der Waals surface area contributed by atoms with Gasteiger partial charge in [0, 0.05) is 25.6 Å². The van der Waals surface area contributed by atoms with Gasteiger partial charge in [0.25, 0.3) is 0 Å². The van der Waals surface area contributed by atoms with E-state index in [1.807, 2.05) is 4.90 Å². The number of hydrogen-bond donors (Lipinski definition) is 2. The molecule has 4 atom stereocenters. The lowest BCUT2D eigenvalue weighted by Gasteiger charge is -2.23. The predicted molar refractivity (Wildman–Crippen MR) is 66.3 cm³/mol. The Bertz CT molecular complexity index is 283. The monoisotopic (exact) mass is 240 g/mol. The Morgan fingerprint density at radius 2 is 2.24 bits per heavy atom. The van der Waals surface area contributed by atoms with Crippen molar-refractivity contribution in [2.24, 2.45) is 23.5 Å². The molecule has 0 radical (unpaired) electrons. The normalized spacial score (nSPS) is 33.8. The zero-order chi connectivity index (χ0) is 12.4. The summed E-state index contributed by atoms with van der Waals surface area (Å²) >= 11 is 0. The van der Waals surface area contributed by atoms with E-state index in [9.17, 15) is 9.90 Å². The van der Waals surface area contributed by atoms with E-state index >= 15 is 0 Å². The molecule has 0 bridgehead atoms. The van der Waals surface area contributed by atoms with Crippen molar-refractivity contribution in [2.75, 3.05) is 19.6 Å². The summed E-state index contributed by atoms with van der Waals surface area (Å²) in [6.07, 6.45) is 3.66. The highest BCUT2D eigenvalue weighted by Crippen LogP contribution is 2.38. The Balaban J connectivity index is 1.93. The first-order valence-corrected chi connectivity index (χ1v) is 6.84. The zero-order valence-electron chi connectivity index (χ0n) is 10.6.